The van der Waals surface area contributed by atoms with Crippen molar-refractivity contribution in [3.63, 3.8) is 0 Å². The van der Waals surface area contributed by atoms with E-state index in [0.717, 1.165) is 30.7 Å². The molecule has 1 aliphatic heterocycles. The molecule has 0 spiro atoms. The van der Waals surface area contributed by atoms with E-state index in [4.69, 9.17) is 4.74 Å². The summed E-state index contributed by atoms with van der Waals surface area (Å²) in [5.41, 5.74) is 2.25. The number of halogens is 1. The van der Waals surface area contributed by atoms with Crippen LogP contribution in [0, 0.1) is 5.82 Å². The highest BCUT2D eigenvalue weighted by Gasteiger charge is 2.29. The molecule has 0 radical (unpaired) electrons. The maximum atomic E-state index is 13.3. The molecular weight excluding hydrogens is 265 g/mol. The van der Waals surface area contributed by atoms with Crippen molar-refractivity contribution in [2.75, 3.05) is 6.54 Å². The number of ether oxygens (including phenoxy) is 1. The number of hydrogen-bond donors (Lipinski definition) is 1. The third-order valence-electron chi connectivity index (χ3n) is 3.93. The van der Waals surface area contributed by atoms with Gasteiger partial charge < -0.3 is 10.1 Å². The Morgan fingerprint density at radius 1 is 1.24 bits per heavy atom. The fourth-order valence-electron chi connectivity index (χ4n) is 2.95. The van der Waals surface area contributed by atoms with Crippen LogP contribution in [0.3, 0.4) is 0 Å². The van der Waals surface area contributed by atoms with Gasteiger partial charge in [-0.05, 0) is 42.3 Å². The van der Waals surface area contributed by atoms with Crippen LogP contribution in [0.4, 0.5) is 4.39 Å². The summed E-state index contributed by atoms with van der Waals surface area (Å²) in [7, 11) is 0. The van der Waals surface area contributed by atoms with Crippen LogP contribution in [0.1, 0.15) is 18.1 Å². The van der Waals surface area contributed by atoms with Crippen molar-refractivity contribution in [3.8, 4) is 5.75 Å². The van der Waals surface area contributed by atoms with Crippen LogP contribution >= 0.6 is 0 Å². The molecule has 0 saturated heterocycles. The summed E-state index contributed by atoms with van der Waals surface area (Å²) in [5, 5.41) is 3.48. The molecular formula is C18H20FNO. The number of rotatable bonds is 5. The lowest BCUT2D eigenvalue weighted by molar-refractivity contribution is 0.178. The van der Waals surface area contributed by atoms with Crippen molar-refractivity contribution in [1.82, 2.24) is 5.32 Å². The maximum absolute atomic E-state index is 13.3. The number of fused-ring (bicyclic) bond motifs is 1. The van der Waals surface area contributed by atoms with Crippen LogP contribution in [-0.2, 0) is 12.8 Å². The first-order valence-corrected chi connectivity index (χ1v) is 7.48. The molecule has 0 aromatic heterocycles. The lowest BCUT2D eigenvalue weighted by Gasteiger charge is -2.24. The van der Waals surface area contributed by atoms with Gasteiger partial charge in [0.2, 0.25) is 0 Å². The van der Waals surface area contributed by atoms with E-state index in [2.05, 4.69) is 18.3 Å². The first-order valence-electron chi connectivity index (χ1n) is 7.48. The predicted molar refractivity (Wildman–Crippen MR) is 82.1 cm³/mol. The highest BCUT2D eigenvalue weighted by atomic mass is 19.1. The molecule has 1 aliphatic rings. The molecule has 2 aromatic carbocycles. The van der Waals surface area contributed by atoms with E-state index < -0.39 is 0 Å². The molecule has 2 aromatic rings. The monoisotopic (exact) mass is 285 g/mol. The summed E-state index contributed by atoms with van der Waals surface area (Å²) >= 11 is 0. The van der Waals surface area contributed by atoms with Crippen molar-refractivity contribution < 1.29 is 9.13 Å². The molecule has 110 valence electrons. The fraction of sp³-hybridized carbons (Fsp3) is 0.333. The van der Waals surface area contributed by atoms with Gasteiger partial charge >= 0.3 is 0 Å². The summed E-state index contributed by atoms with van der Waals surface area (Å²) in [6, 6.07) is 15.2. The maximum Gasteiger partial charge on any atom is 0.123 e. The summed E-state index contributed by atoms with van der Waals surface area (Å²) < 4.78 is 19.4. The molecule has 0 saturated carbocycles. The number of para-hydroxylation sites is 1. The molecule has 1 heterocycles. The summed E-state index contributed by atoms with van der Waals surface area (Å²) in [6.07, 6.45) is 1.78. The summed E-state index contributed by atoms with van der Waals surface area (Å²) in [4.78, 5) is 0. The highest BCUT2D eigenvalue weighted by Crippen LogP contribution is 2.30. The molecule has 3 rings (SSSR count). The third-order valence-corrected chi connectivity index (χ3v) is 3.93. The first kappa shape index (κ1) is 14.1. The first-order chi connectivity index (χ1) is 10.3. The second kappa shape index (κ2) is 6.27. The Hall–Kier alpha value is -1.87. The molecule has 0 amide bonds. The number of likely N-dealkylation sites (N-methyl/N-ethyl adjacent to an activating group) is 1. The van der Waals surface area contributed by atoms with Crippen molar-refractivity contribution in [2.24, 2.45) is 0 Å². The summed E-state index contributed by atoms with van der Waals surface area (Å²) in [5.74, 6) is 0.794. The van der Waals surface area contributed by atoms with Crippen LogP contribution in [0.15, 0.2) is 48.5 Å². The zero-order valence-corrected chi connectivity index (χ0v) is 12.2. The largest absolute Gasteiger partial charge is 0.488 e. The second-order valence-electron chi connectivity index (χ2n) is 5.47. The lowest BCUT2D eigenvalue weighted by atomic mass is 9.98. The van der Waals surface area contributed by atoms with Gasteiger partial charge in [0.05, 0.1) is 0 Å². The van der Waals surface area contributed by atoms with Gasteiger partial charge in [0.25, 0.3) is 0 Å². The Kier molecular flexibility index (Phi) is 4.20. The minimum absolute atomic E-state index is 0.102. The second-order valence-corrected chi connectivity index (χ2v) is 5.47. The van der Waals surface area contributed by atoms with Gasteiger partial charge in [-0.1, -0.05) is 37.3 Å². The quantitative estimate of drug-likeness (QED) is 0.909. The molecule has 2 nitrogen and oxygen atoms in total. The van der Waals surface area contributed by atoms with Gasteiger partial charge in [0.1, 0.15) is 17.7 Å². The van der Waals surface area contributed by atoms with Crippen LogP contribution in [-0.4, -0.2) is 18.7 Å². The standard InChI is InChI=1S/C18H20FNO/c1-2-20-16(11-13-6-5-8-15(19)10-13)18-12-14-7-3-4-9-17(14)21-18/h3-10,16,18,20H,2,11-12H2,1H3. The Morgan fingerprint density at radius 3 is 2.86 bits per heavy atom. The van der Waals surface area contributed by atoms with Crippen LogP contribution in [0.2, 0.25) is 0 Å². The van der Waals surface area contributed by atoms with Gasteiger partial charge in [-0.3, -0.25) is 0 Å². The van der Waals surface area contributed by atoms with E-state index in [0.29, 0.717) is 0 Å². The smallest absolute Gasteiger partial charge is 0.123 e. The van der Waals surface area contributed by atoms with Gasteiger partial charge in [0.15, 0.2) is 0 Å². The van der Waals surface area contributed by atoms with E-state index in [1.807, 2.05) is 24.3 Å². The molecule has 0 aliphatic carbocycles. The summed E-state index contributed by atoms with van der Waals surface area (Å²) in [6.45, 7) is 2.96. The van der Waals surface area contributed by atoms with E-state index in [-0.39, 0.29) is 18.0 Å². The van der Waals surface area contributed by atoms with Crippen molar-refractivity contribution >= 4 is 0 Å². The Morgan fingerprint density at radius 2 is 2.10 bits per heavy atom. The zero-order chi connectivity index (χ0) is 14.7. The average molecular weight is 285 g/mol. The predicted octanol–water partition coefficient (Wildman–Crippen LogP) is 3.35. The van der Waals surface area contributed by atoms with E-state index >= 15 is 0 Å². The molecule has 2 unspecified atom stereocenters. The van der Waals surface area contributed by atoms with E-state index in [1.165, 1.54) is 11.6 Å². The molecule has 1 N–H and O–H groups in total. The third kappa shape index (κ3) is 3.24. The van der Waals surface area contributed by atoms with Gasteiger partial charge in [-0.15, -0.1) is 0 Å². The van der Waals surface area contributed by atoms with Crippen molar-refractivity contribution in [1.29, 1.82) is 0 Å². The van der Waals surface area contributed by atoms with E-state index in [9.17, 15) is 4.39 Å². The van der Waals surface area contributed by atoms with Crippen molar-refractivity contribution in [3.05, 3.63) is 65.5 Å². The van der Waals surface area contributed by atoms with Crippen molar-refractivity contribution in [2.45, 2.75) is 31.9 Å². The Labute approximate surface area is 125 Å². The van der Waals surface area contributed by atoms with Crippen LogP contribution in [0.5, 0.6) is 5.75 Å². The lowest BCUT2D eigenvalue weighted by Crippen LogP contribution is -2.44. The van der Waals surface area contributed by atoms with Gasteiger partial charge in [0, 0.05) is 12.5 Å². The number of hydrogen-bond acceptors (Lipinski definition) is 2. The van der Waals surface area contributed by atoms with E-state index in [1.54, 1.807) is 12.1 Å². The molecule has 0 fully saturated rings. The zero-order valence-electron chi connectivity index (χ0n) is 12.2. The molecule has 3 heteroatoms. The minimum Gasteiger partial charge on any atom is -0.488 e. The van der Waals surface area contributed by atoms with Gasteiger partial charge in [-0.2, -0.15) is 0 Å². The average Bonchev–Trinajstić information content (AvgIpc) is 2.91. The topological polar surface area (TPSA) is 21.3 Å². The Balaban J connectivity index is 1.74. The normalized spacial score (nSPS) is 18.1. The highest BCUT2D eigenvalue weighted by molar-refractivity contribution is 5.38. The minimum atomic E-state index is -0.182. The Bertz CT molecular complexity index is 589. The molecule has 21 heavy (non-hydrogen) atoms. The molecule has 2 atom stereocenters. The number of nitrogens with one attached hydrogen (secondary N) is 1. The number of benzene rings is 2. The molecule has 0 bridgehead atoms. The van der Waals surface area contributed by atoms with Crippen LogP contribution < -0.4 is 10.1 Å². The fourth-order valence-corrected chi connectivity index (χ4v) is 2.95. The van der Waals surface area contributed by atoms with Crippen LogP contribution in [0.25, 0.3) is 0 Å². The van der Waals surface area contributed by atoms with Gasteiger partial charge in [-0.25, -0.2) is 4.39 Å². The SMILES string of the molecule is CCNC(Cc1cccc(F)c1)C1Cc2ccccc2O1.